The van der Waals surface area contributed by atoms with E-state index in [9.17, 15) is 9.18 Å². The lowest BCUT2D eigenvalue weighted by Gasteiger charge is -2.01. The first kappa shape index (κ1) is 15.4. The highest BCUT2D eigenvalue weighted by Crippen LogP contribution is 2.25. The fourth-order valence-electron chi connectivity index (χ4n) is 2.24. The third kappa shape index (κ3) is 3.46. The minimum atomic E-state index is -0.354. The van der Waals surface area contributed by atoms with Gasteiger partial charge in [0.25, 0.3) is 0 Å². The van der Waals surface area contributed by atoms with E-state index in [2.05, 4.69) is 9.72 Å². The Balaban J connectivity index is 1.77. The first-order chi connectivity index (χ1) is 11.2. The minimum Gasteiger partial charge on any atom is -0.465 e. The number of hydrogen-bond donors (Lipinski definition) is 0. The fourth-order valence-corrected chi connectivity index (χ4v) is 3.06. The number of rotatable bonds is 4. The van der Waals surface area contributed by atoms with Crippen molar-refractivity contribution in [2.24, 2.45) is 0 Å². The van der Waals surface area contributed by atoms with E-state index in [1.807, 2.05) is 17.5 Å². The van der Waals surface area contributed by atoms with Crippen molar-refractivity contribution in [3.8, 4) is 11.3 Å². The number of esters is 1. The summed E-state index contributed by atoms with van der Waals surface area (Å²) in [6.07, 6.45) is 0.639. The van der Waals surface area contributed by atoms with E-state index < -0.39 is 0 Å². The molecule has 0 amide bonds. The van der Waals surface area contributed by atoms with Crippen LogP contribution in [0.1, 0.15) is 20.9 Å². The molecular weight excluding hydrogens is 313 g/mol. The van der Waals surface area contributed by atoms with Gasteiger partial charge in [-0.05, 0) is 29.8 Å². The van der Waals surface area contributed by atoms with Crippen LogP contribution in [0, 0.1) is 5.82 Å². The zero-order valence-electron chi connectivity index (χ0n) is 12.5. The van der Waals surface area contributed by atoms with Crippen LogP contribution in [0.2, 0.25) is 0 Å². The number of ether oxygens (including phenoxy) is 1. The molecule has 0 bridgehead atoms. The first-order valence-corrected chi connectivity index (χ1v) is 7.92. The summed E-state index contributed by atoms with van der Waals surface area (Å²) >= 11 is 1.49. The number of halogens is 1. The van der Waals surface area contributed by atoms with Gasteiger partial charge < -0.3 is 4.74 Å². The van der Waals surface area contributed by atoms with Crippen LogP contribution in [-0.2, 0) is 11.2 Å². The second-order valence-corrected chi connectivity index (χ2v) is 5.91. The Labute approximate surface area is 137 Å². The molecule has 0 saturated carbocycles. The number of methoxy groups -OCH3 is 1. The molecule has 0 radical (unpaired) electrons. The number of aromatic nitrogens is 1. The average molecular weight is 327 g/mol. The molecule has 0 fully saturated rings. The molecule has 1 aromatic heterocycles. The summed E-state index contributed by atoms with van der Waals surface area (Å²) in [6.45, 7) is 0. The molecule has 0 atom stereocenters. The van der Waals surface area contributed by atoms with Gasteiger partial charge in [-0.3, -0.25) is 0 Å². The maximum Gasteiger partial charge on any atom is 0.337 e. The molecule has 0 unspecified atom stereocenters. The van der Waals surface area contributed by atoms with Crippen LogP contribution in [0.4, 0.5) is 4.39 Å². The molecule has 116 valence electrons. The zero-order valence-corrected chi connectivity index (χ0v) is 13.3. The molecular formula is C18H14FNO2S. The summed E-state index contributed by atoms with van der Waals surface area (Å²) in [5.74, 6) is -0.626. The number of hydrogen-bond acceptors (Lipinski definition) is 4. The van der Waals surface area contributed by atoms with Gasteiger partial charge in [-0.25, -0.2) is 14.2 Å². The van der Waals surface area contributed by atoms with E-state index in [4.69, 9.17) is 0 Å². The Morgan fingerprint density at radius 3 is 2.61 bits per heavy atom. The maximum absolute atomic E-state index is 13.8. The van der Waals surface area contributed by atoms with Crippen LogP contribution < -0.4 is 0 Å². The first-order valence-electron chi connectivity index (χ1n) is 7.04. The SMILES string of the molecule is COC(=O)c1ccc(Cc2nc(-c3ccccc3F)cs2)cc1. The van der Waals surface area contributed by atoms with Gasteiger partial charge in [0, 0.05) is 17.4 Å². The third-order valence-corrected chi connectivity index (χ3v) is 4.28. The third-order valence-electron chi connectivity index (χ3n) is 3.43. The zero-order chi connectivity index (χ0) is 16.2. The van der Waals surface area contributed by atoms with Gasteiger partial charge in [-0.15, -0.1) is 11.3 Å². The minimum absolute atomic E-state index is 0.271. The highest BCUT2D eigenvalue weighted by atomic mass is 32.1. The molecule has 5 heteroatoms. The Bertz CT molecular complexity index is 827. The summed E-state index contributed by atoms with van der Waals surface area (Å²) in [7, 11) is 1.36. The van der Waals surface area contributed by atoms with Crippen molar-refractivity contribution in [3.63, 3.8) is 0 Å². The molecule has 3 nitrogen and oxygen atoms in total. The van der Waals surface area contributed by atoms with Crippen molar-refractivity contribution in [2.45, 2.75) is 6.42 Å². The standard InChI is InChI=1S/C18H14FNO2S/c1-22-18(21)13-8-6-12(7-9-13)10-17-20-16(11-23-17)14-4-2-3-5-15(14)19/h2-9,11H,10H2,1H3. The van der Waals surface area contributed by atoms with Crippen molar-refractivity contribution in [1.82, 2.24) is 4.98 Å². The molecule has 0 N–H and O–H groups in total. The van der Waals surface area contributed by atoms with Gasteiger partial charge in [0.15, 0.2) is 0 Å². The van der Waals surface area contributed by atoms with Gasteiger partial charge >= 0.3 is 5.97 Å². The molecule has 2 aromatic carbocycles. The molecule has 3 rings (SSSR count). The second-order valence-electron chi connectivity index (χ2n) is 4.97. The van der Waals surface area contributed by atoms with Crippen molar-refractivity contribution in [3.05, 3.63) is 75.9 Å². The number of benzene rings is 2. The van der Waals surface area contributed by atoms with E-state index in [-0.39, 0.29) is 11.8 Å². The van der Waals surface area contributed by atoms with Gasteiger partial charge in [-0.1, -0.05) is 24.3 Å². The molecule has 0 aliphatic rings. The van der Waals surface area contributed by atoms with Crippen LogP contribution in [-0.4, -0.2) is 18.1 Å². The number of carbonyl (C=O) groups excluding carboxylic acids is 1. The van der Waals surface area contributed by atoms with E-state index >= 15 is 0 Å². The normalized spacial score (nSPS) is 10.5. The Morgan fingerprint density at radius 1 is 1.17 bits per heavy atom. The summed E-state index contributed by atoms with van der Waals surface area (Å²) in [5, 5.41) is 2.75. The van der Waals surface area contributed by atoms with Crippen LogP contribution in [0.25, 0.3) is 11.3 Å². The lowest BCUT2D eigenvalue weighted by molar-refractivity contribution is 0.0600. The predicted octanol–water partition coefficient (Wildman–Crippen LogP) is 4.33. The second kappa shape index (κ2) is 6.71. The smallest absolute Gasteiger partial charge is 0.337 e. The lowest BCUT2D eigenvalue weighted by Crippen LogP contribution is -2.00. The molecule has 3 aromatic rings. The molecule has 0 spiro atoms. The van der Waals surface area contributed by atoms with Gasteiger partial charge in [-0.2, -0.15) is 0 Å². The van der Waals surface area contributed by atoms with Gasteiger partial charge in [0.2, 0.25) is 0 Å². The maximum atomic E-state index is 13.8. The fraction of sp³-hybridized carbons (Fsp3) is 0.111. The molecule has 0 saturated heterocycles. The average Bonchev–Trinajstić information content (AvgIpc) is 3.03. The van der Waals surface area contributed by atoms with Crippen LogP contribution in [0.3, 0.4) is 0 Å². The molecule has 1 heterocycles. The quantitative estimate of drug-likeness (QED) is 0.670. The predicted molar refractivity (Wildman–Crippen MR) is 88.1 cm³/mol. The van der Waals surface area contributed by atoms with Crippen LogP contribution in [0.5, 0.6) is 0 Å². The van der Waals surface area contributed by atoms with E-state index in [0.717, 1.165) is 10.6 Å². The molecule has 0 aliphatic carbocycles. The topological polar surface area (TPSA) is 39.2 Å². The van der Waals surface area contributed by atoms with Gasteiger partial charge in [0.05, 0.1) is 23.4 Å². The highest BCUT2D eigenvalue weighted by molar-refractivity contribution is 7.10. The summed E-state index contributed by atoms with van der Waals surface area (Å²) in [6, 6.07) is 13.8. The van der Waals surface area contributed by atoms with Crippen molar-refractivity contribution in [1.29, 1.82) is 0 Å². The van der Waals surface area contributed by atoms with Crippen molar-refractivity contribution < 1.29 is 13.9 Å². The summed E-state index contributed by atoms with van der Waals surface area (Å²) < 4.78 is 18.5. The number of thiazole rings is 1. The van der Waals surface area contributed by atoms with E-state index in [1.54, 1.807) is 30.3 Å². The van der Waals surface area contributed by atoms with Gasteiger partial charge in [0.1, 0.15) is 5.82 Å². The number of carbonyl (C=O) groups is 1. The Hall–Kier alpha value is -2.53. The highest BCUT2D eigenvalue weighted by Gasteiger charge is 2.10. The summed E-state index contributed by atoms with van der Waals surface area (Å²) in [5.41, 5.74) is 2.71. The van der Waals surface area contributed by atoms with E-state index in [1.165, 1.54) is 24.5 Å². The van der Waals surface area contributed by atoms with Crippen LogP contribution in [0.15, 0.2) is 53.9 Å². The Morgan fingerprint density at radius 2 is 1.91 bits per heavy atom. The lowest BCUT2D eigenvalue weighted by atomic mass is 10.1. The largest absolute Gasteiger partial charge is 0.465 e. The summed E-state index contributed by atoms with van der Waals surface area (Å²) in [4.78, 5) is 15.9. The van der Waals surface area contributed by atoms with E-state index in [0.29, 0.717) is 23.2 Å². The molecule has 0 aliphatic heterocycles. The number of nitrogens with zero attached hydrogens (tertiary/aromatic N) is 1. The monoisotopic (exact) mass is 327 g/mol. The molecule has 23 heavy (non-hydrogen) atoms. The van der Waals surface area contributed by atoms with Crippen LogP contribution >= 0.6 is 11.3 Å². The van der Waals surface area contributed by atoms with Crippen molar-refractivity contribution in [2.75, 3.05) is 7.11 Å². The van der Waals surface area contributed by atoms with Crippen molar-refractivity contribution >= 4 is 17.3 Å². The Kier molecular flexibility index (Phi) is 4.48.